The molecule has 0 saturated heterocycles. The van der Waals surface area contributed by atoms with Crippen LogP contribution in [0, 0.1) is 13.8 Å². The molecule has 1 heterocycles. The van der Waals surface area contributed by atoms with Crippen molar-refractivity contribution < 1.29 is 8.42 Å². The van der Waals surface area contributed by atoms with Gasteiger partial charge in [-0.05, 0) is 31.5 Å². The van der Waals surface area contributed by atoms with Crippen LogP contribution in [0.25, 0.3) is 0 Å². The maximum absolute atomic E-state index is 12.2. The molecule has 7 heteroatoms. The third-order valence-electron chi connectivity index (χ3n) is 4.03. The van der Waals surface area contributed by atoms with Crippen molar-refractivity contribution in [1.82, 2.24) is 14.6 Å². The fraction of sp³-hybridized carbons (Fsp3) is 0.158. The quantitative estimate of drug-likeness (QED) is 0.537. The van der Waals surface area contributed by atoms with E-state index in [1.807, 2.05) is 48.9 Å². The van der Waals surface area contributed by atoms with E-state index in [2.05, 4.69) is 15.0 Å². The zero-order chi connectivity index (χ0) is 18.6. The van der Waals surface area contributed by atoms with Crippen molar-refractivity contribution >= 4 is 16.2 Å². The summed E-state index contributed by atoms with van der Waals surface area (Å²) in [7, 11) is -3.67. The average molecular weight is 368 g/mol. The van der Waals surface area contributed by atoms with Crippen LogP contribution >= 0.6 is 0 Å². The van der Waals surface area contributed by atoms with Crippen LogP contribution in [0.15, 0.2) is 70.7 Å². The normalized spacial score (nSPS) is 11.8. The van der Waals surface area contributed by atoms with Gasteiger partial charge in [0.1, 0.15) is 0 Å². The molecule has 0 amide bonds. The molecule has 0 aliphatic carbocycles. The molecule has 0 fully saturated rings. The summed E-state index contributed by atoms with van der Waals surface area (Å²) in [4.78, 5) is 2.41. The minimum atomic E-state index is -3.67. The van der Waals surface area contributed by atoms with Crippen LogP contribution in [0.3, 0.4) is 0 Å². The van der Waals surface area contributed by atoms with Crippen LogP contribution in [0.1, 0.15) is 22.5 Å². The largest absolute Gasteiger partial charge is 0.276 e. The van der Waals surface area contributed by atoms with Gasteiger partial charge in [0.2, 0.25) is 0 Å². The lowest BCUT2D eigenvalue weighted by atomic mass is 10.2. The predicted octanol–water partition coefficient (Wildman–Crippen LogP) is 2.86. The molecular formula is C19H20N4O2S. The highest BCUT2D eigenvalue weighted by atomic mass is 32.2. The summed E-state index contributed by atoms with van der Waals surface area (Å²) in [6.45, 7) is 4.47. The number of nitrogens with zero attached hydrogens (tertiary/aromatic N) is 3. The minimum absolute atomic E-state index is 0.172. The van der Waals surface area contributed by atoms with Gasteiger partial charge in [0.25, 0.3) is 10.0 Å². The number of hydrogen-bond donors (Lipinski definition) is 1. The van der Waals surface area contributed by atoms with E-state index in [1.165, 1.54) is 18.3 Å². The second kappa shape index (κ2) is 7.53. The van der Waals surface area contributed by atoms with Gasteiger partial charge in [0.05, 0.1) is 23.3 Å². The number of aromatic nitrogens is 2. The molecule has 3 aromatic rings. The first-order valence-corrected chi connectivity index (χ1v) is 9.63. The molecule has 0 radical (unpaired) electrons. The van der Waals surface area contributed by atoms with Crippen LogP contribution < -0.4 is 4.83 Å². The van der Waals surface area contributed by atoms with Gasteiger partial charge in [0, 0.05) is 11.3 Å². The molecule has 1 aromatic heterocycles. The zero-order valence-corrected chi connectivity index (χ0v) is 15.4. The number of hydrazone groups is 1. The van der Waals surface area contributed by atoms with E-state index in [-0.39, 0.29) is 4.90 Å². The summed E-state index contributed by atoms with van der Waals surface area (Å²) < 4.78 is 26.3. The Bertz CT molecular complexity index is 1010. The van der Waals surface area contributed by atoms with E-state index in [0.717, 1.165) is 22.5 Å². The Morgan fingerprint density at radius 1 is 1.04 bits per heavy atom. The molecule has 0 aliphatic rings. The molecule has 3 rings (SSSR count). The second-order valence-corrected chi connectivity index (χ2v) is 7.55. The lowest BCUT2D eigenvalue weighted by molar-refractivity contribution is 0.584. The summed E-state index contributed by atoms with van der Waals surface area (Å²) in [6.07, 6.45) is 1.50. The number of hydrogen-bond acceptors (Lipinski definition) is 4. The number of rotatable bonds is 6. The monoisotopic (exact) mass is 368 g/mol. The lowest BCUT2D eigenvalue weighted by Gasteiger charge is -2.05. The van der Waals surface area contributed by atoms with Crippen molar-refractivity contribution in [2.24, 2.45) is 5.10 Å². The standard InChI is InChI=1S/C19H20N4O2S/c1-15-19(13-20-22-26(24,25)18-11-7-4-8-12-18)16(2)23(21-15)14-17-9-5-3-6-10-17/h3-13,22H,14H2,1-2H3/b20-13+. The molecule has 6 nitrogen and oxygen atoms in total. The smallest absolute Gasteiger partial charge is 0.265 e. The van der Waals surface area contributed by atoms with Crippen molar-refractivity contribution in [2.75, 3.05) is 0 Å². The first-order valence-electron chi connectivity index (χ1n) is 8.15. The highest BCUT2D eigenvalue weighted by Gasteiger charge is 2.13. The Kier molecular flexibility index (Phi) is 5.18. The summed E-state index contributed by atoms with van der Waals surface area (Å²) in [6, 6.07) is 18.2. The molecule has 0 unspecified atom stereocenters. The van der Waals surface area contributed by atoms with Crippen molar-refractivity contribution in [3.63, 3.8) is 0 Å². The van der Waals surface area contributed by atoms with Gasteiger partial charge in [-0.2, -0.15) is 18.6 Å². The van der Waals surface area contributed by atoms with Gasteiger partial charge >= 0.3 is 0 Å². The molecule has 2 aromatic carbocycles. The summed E-state index contributed by atoms with van der Waals surface area (Å²) in [5.74, 6) is 0. The van der Waals surface area contributed by atoms with Crippen molar-refractivity contribution in [3.05, 3.63) is 83.2 Å². The maximum Gasteiger partial charge on any atom is 0.276 e. The van der Waals surface area contributed by atoms with E-state index in [1.54, 1.807) is 18.2 Å². The molecule has 0 saturated carbocycles. The third-order valence-corrected chi connectivity index (χ3v) is 5.27. The second-order valence-electron chi connectivity index (χ2n) is 5.89. The highest BCUT2D eigenvalue weighted by Crippen LogP contribution is 2.13. The van der Waals surface area contributed by atoms with Crippen molar-refractivity contribution in [2.45, 2.75) is 25.3 Å². The van der Waals surface area contributed by atoms with Gasteiger partial charge in [0.15, 0.2) is 0 Å². The van der Waals surface area contributed by atoms with Crippen LogP contribution in [0.4, 0.5) is 0 Å². The number of nitrogens with one attached hydrogen (secondary N) is 1. The minimum Gasteiger partial charge on any atom is -0.265 e. The highest BCUT2D eigenvalue weighted by molar-refractivity contribution is 7.89. The lowest BCUT2D eigenvalue weighted by Crippen LogP contribution is -2.18. The van der Waals surface area contributed by atoms with Gasteiger partial charge in [-0.1, -0.05) is 48.5 Å². The first kappa shape index (κ1) is 17.9. The molecule has 0 aliphatic heterocycles. The van der Waals surface area contributed by atoms with Crippen molar-refractivity contribution in [3.8, 4) is 0 Å². The first-order chi connectivity index (χ1) is 12.5. The molecular weight excluding hydrogens is 348 g/mol. The van der Waals surface area contributed by atoms with E-state index in [9.17, 15) is 8.42 Å². The van der Waals surface area contributed by atoms with E-state index >= 15 is 0 Å². The van der Waals surface area contributed by atoms with Gasteiger partial charge in [-0.15, -0.1) is 0 Å². The topological polar surface area (TPSA) is 76.3 Å². The average Bonchev–Trinajstić information content (AvgIpc) is 2.90. The van der Waals surface area contributed by atoms with Crippen molar-refractivity contribution in [1.29, 1.82) is 0 Å². The van der Waals surface area contributed by atoms with Gasteiger partial charge in [-0.3, -0.25) is 4.68 Å². The van der Waals surface area contributed by atoms with Gasteiger partial charge in [-0.25, -0.2) is 4.83 Å². The van der Waals surface area contributed by atoms with Crippen LogP contribution in [0.2, 0.25) is 0 Å². The van der Waals surface area contributed by atoms with E-state index in [4.69, 9.17) is 0 Å². The van der Waals surface area contributed by atoms with Crippen LogP contribution in [-0.2, 0) is 16.6 Å². The molecule has 0 bridgehead atoms. The summed E-state index contributed by atoms with van der Waals surface area (Å²) in [5, 5.41) is 8.44. The number of aryl methyl sites for hydroxylation is 1. The predicted molar refractivity (Wildman–Crippen MR) is 102 cm³/mol. The Morgan fingerprint density at radius 2 is 1.65 bits per heavy atom. The summed E-state index contributed by atoms with van der Waals surface area (Å²) in [5.41, 5.74) is 3.66. The number of benzene rings is 2. The molecule has 0 atom stereocenters. The molecule has 1 N–H and O–H groups in total. The number of sulfonamides is 1. The fourth-order valence-corrected chi connectivity index (χ4v) is 3.43. The SMILES string of the molecule is Cc1nn(Cc2ccccc2)c(C)c1/C=N/NS(=O)(=O)c1ccccc1. The van der Waals surface area contributed by atoms with Crippen LogP contribution in [-0.4, -0.2) is 24.4 Å². The Labute approximate surface area is 153 Å². The Balaban J connectivity index is 1.77. The molecule has 0 spiro atoms. The van der Waals surface area contributed by atoms with E-state index in [0.29, 0.717) is 6.54 Å². The third kappa shape index (κ3) is 4.00. The Hall–Kier alpha value is -2.93. The fourth-order valence-electron chi connectivity index (χ4n) is 2.62. The zero-order valence-electron chi connectivity index (χ0n) is 14.6. The van der Waals surface area contributed by atoms with E-state index < -0.39 is 10.0 Å². The summed E-state index contributed by atoms with van der Waals surface area (Å²) >= 11 is 0. The van der Waals surface area contributed by atoms with Gasteiger partial charge < -0.3 is 0 Å². The van der Waals surface area contributed by atoms with Crippen LogP contribution in [0.5, 0.6) is 0 Å². The Morgan fingerprint density at radius 3 is 2.31 bits per heavy atom. The maximum atomic E-state index is 12.2. The molecule has 26 heavy (non-hydrogen) atoms. The molecule has 134 valence electrons.